The van der Waals surface area contributed by atoms with Crippen molar-refractivity contribution < 1.29 is 33.6 Å². The lowest BCUT2D eigenvalue weighted by Crippen LogP contribution is -2.53. The second kappa shape index (κ2) is 19.0. The average molecular weight is 704 g/mol. The Hall–Kier alpha value is -5.53. The van der Waals surface area contributed by atoms with Gasteiger partial charge in [0.05, 0.1) is 5.69 Å². The maximum atomic E-state index is 13.0. The highest BCUT2D eigenvalue weighted by molar-refractivity contribution is 6.12. The Labute approximate surface area is 298 Å². The first-order chi connectivity index (χ1) is 24.1. The van der Waals surface area contributed by atoms with Crippen molar-refractivity contribution in [3.05, 3.63) is 66.5 Å². The molecule has 274 valence electrons. The van der Waals surface area contributed by atoms with Crippen LogP contribution in [0.25, 0.3) is 0 Å². The van der Waals surface area contributed by atoms with Crippen LogP contribution < -0.4 is 26.6 Å². The van der Waals surface area contributed by atoms with Gasteiger partial charge in [-0.15, -0.1) is 6.58 Å². The minimum absolute atomic E-state index is 0.141. The van der Waals surface area contributed by atoms with E-state index >= 15 is 0 Å². The molecule has 2 aromatic rings. The summed E-state index contributed by atoms with van der Waals surface area (Å²) in [4.78, 5) is 88.1. The Kier molecular flexibility index (Phi) is 14.9. The molecule has 51 heavy (non-hydrogen) atoms. The first-order valence-electron chi connectivity index (χ1n) is 17.1. The van der Waals surface area contributed by atoms with Gasteiger partial charge in [0.2, 0.25) is 23.6 Å². The fraction of sp³-hybridized carbons (Fsp3) is 0.432. The number of amides is 7. The van der Waals surface area contributed by atoms with E-state index in [-0.39, 0.29) is 41.9 Å². The third-order valence-corrected chi connectivity index (χ3v) is 8.14. The summed E-state index contributed by atoms with van der Waals surface area (Å²) >= 11 is 0. The number of carbonyl (C=O) groups is 7. The molecule has 0 saturated heterocycles. The summed E-state index contributed by atoms with van der Waals surface area (Å²) < 4.78 is 1.61. The van der Waals surface area contributed by atoms with E-state index < -0.39 is 23.9 Å². The fourth-order valence-electron chi connectivity index (χ4n) is 5.25. The minimum Gasteiger partial charge on any atom is -0.344 e. The zero-order valence-corrected chi connectivity index (χ0v) is 30.0. The number of hydrogen-bond acceptors (Lipinski definition) is 7. The van der Waals surface area contributed by atoms with E-state index in [1.165, 1.54) is 19.1 Å². The summed E-state index contributed by atoms with van der Waals surface area (Å²) in [5.41, 5.74) is 2.80. The molecule has 0 radical (unpaired) electrons. The van der Waals surface area contributed by atoms with Gasteiger partial charge in [-0.1, -0.05) is 25.8 Å². The molecule has 0 aliphatic carbocycles. The highest BCUT2D eigenvalue weighted by Gasteiger charge is 2.27. The lowest BCUT2D eigenvalue weighted by molar-refractivity contribution is -0.137. The van der Waals surface area contributed by atoms with Crippen LogP contribution in [0.4, 0.5) is 17.1 Å². The van der Waals surface area contributed by atoms with Gasteiger partial charge >= 0.3 is 0 Å². The van der Waals surface area contributed by atoms with Crippen LogP contribution in [0.15, 0.2) is 60.8 Å². The van der Waals surface area contributed by atoms with Gasteiger partial charge in [-0.2, -0.15) is 0 Å². The first kappa shape index (κ1) is 39.9. The number of aromatic nitrogens is 1. The highest BCUT2D eigenvalue weighted by Crippen LogP contribution is 2.18. The van der Waals surface area contributed by atoms with Crippen LogP contribution in [0.2, 0.25) is 0 Å². The monoisotopic (exact) mass is 703 g/mol. The molecule has 2 atom stereocenters. The topological polar surface area (TPSA) is 188 Å². The molecule has 0 spiro atoms. The second-order valence-electron chi connectivity index (χ2n) is 13.1. The van der Waals surface area contributed by atoms with Crippen LogP contribution >= 0.6 is 0 Å². The summed E-state index contributed by atoms with van der Waals surface area (Å²) in [7, 11) is 1.70. The molecule has 1 aliphatic heterocycles. The third kappa shape index (κ3) is 12.7. The van der Waals surface area contributed by atoms with Gasteiger partial charge in [0.1, 0.15) is 17.8 Å². The van der Waals surface area contributed by atoms with E-state index in [1.807, 2.05) is 6.92 Å². The van der Waals surface area contributed by atoms with E-state index in [1.54, 1.807) is 62.0 Å². The molecule has 14 nitrogen and oxygen atoms in total. The number of carbonyl (C=O) groups excluding carboxylic acids is 7. The van der Waals surface area contributed by atoms with Gasteiger partial charge in [-0.25, -0.2) is 0 Å². The predicted octanol–water partition coefficient (Wildman–Crippen LogP) is 4.03. The fourth-order valence-corrected chi connectivity index (χ4v) is 5.25. The van der Waals surface area contributed by atoms with Gasteiger partial charge in [-0.05, 0) is 75.8 Å². The van der Waals surface area contributed by atoms with Crippen LogP contribution in [-0.4, -0.2) is 69.4 Å². The van der Waals surface area contributed by atoms with Crippen LogP contribution in [0.1, 0.15) is 83.1 Å². The van der Waals surface area contributed by atoms with Gasteiger partial charge in [0.15, 0.2) is 0 Å². The van der Waals surface area contributed by atoms with E-state index in [9.17, 15) is 33.6 Å². The van der Waals surface area contributed by atoms with Crippen molar-refractivity contribution in [2.75, 3.05) is 22.5 Å². The number of allylic oxidation sites excluding steroid dienone is 1. The Bertz CT molecular complexity index is 1640. The maximum Gasteiger partial charge on any atom is 0.272 e. The van der Waals surface area contributed by atoms with E-state index in [4.69, 9.17) is 0 Å². The van der Waals surface area contributed by atoms with Crippen LogP contribution in [0.3, 0.4) is 0 Å². The van der Waals surface area contributed by atoms with Gasteiger partial charge in [-0.3, -0.25) is 38.5 Å². The number of anilines is 3. The smallest absolute Gasteiger partial charge is 0.272 e. The summed E-state index contributed by atoms with van der Waals surface area (Å²) in [5, 5.41) is 13.7. The number of nitrogens with zero attached hydrogens (tertiary/aromatic N) is 2. The third-order valence-electron chi connectivity index (χ3n) is 8.14. The molecule has 0 saturated carbocycles. The van der Waals surface area contributed by atoms with Crippen molar-refractivity contribution >= 4 is 58.4 Å². The molecular weight excluding hydrogens is 654 g/mol. The summed E-state index contributed by atoms with van der Waals surface area (Å²) in [6.45, 7) is 11.2. The van der Waals surface area contributed by atoms with Crippen molar-refractivity contribution in [3.63, 3.8) is 0 Å². The zero-order valence-electron chi connectivity index (χ0n) is 30.0. The molecule has 0 bridgehead atoms. The molecule has 1 aromatic carbocycles. The van der Waals surface area contributed by atoms with Crippen LogP contribution in [-0.2, 0) is 35.8 Å². The van der Waals surface area contributed by atoms with Crippen molar-refractivity contribution in [2.24, 2.45) is 13.0 Å². The summed E-state index contributed by atoms with van der Waals surface area (Å²) in [6, 6.07) is 6.28. The van der Waals surface area contributed by atoms with Crippen LogP contribution in [0.5, 0.6) is 0 Å². The number of unbranched alkanes of at least 4 members (excludes halogenated alkanes) is 2. The number of benzene rings is 1. The molecule has 5 N–H and O–H groups in total. The van der Waals surface area contributed by atoms with Gasteiger partial charge in [0, 0.05) is 56.2 Å². The van der Waals surface area contributed by atoms with Gasteiger partial charge in [0.25, 0.3) is 17.7 Å². The molecule has 1 aromatic heterocycles. The molecule has 14 heteroatoms. The zero-order chi connectivity index (χ0) is 37.7. The second-order valence-corrected chi connectivity index (χ2v) is 13.1. The molecule has 0 fully saturated rings. The van der Waals surface area contributed by atoms with E-state index in [2.05, 4.69) is 33.2 Å². The minimum atomic E-state index is -0.918. The van der Waals surface area contributed by atoms with Crippen molar-refractivity contribution in [1.29, 1.82) is 0 Å². The Morgan fingerprint density at radius 1 is 0.725 bits per heavy atom. The van der Waals surface area contributed by atoms with Gasteiger partial charge < -0.3 is 31.2 Å². The molecule has 3 rings (SSSR count). The number of hydrogen-bond donors (Lipinski definition) is 5. The first-order valence-corrected chi connectivity index (χ1v) is 17.1. The van der Waals surface area contributed by atoms with E-state index in [0.29, 0.717) is 61.4 Å². The maximum absolute atomic E-state index is 13.0. The standard InChI is InChI=1S/C37H49N7O7/c1-23(2)11-10-13-30(45)39-28-21-29(43(6)22-28)36(50)41-27-16-14-26(15-17-27)40-35(49)25(5)38-37(51)34(24(3)4)42-31(46)12-8-7-9-20-44-32(47)18-19-33(44)48/h14-19,21-22,24-25,34H,1,7-13,20H2,2-6H3,(H,38,51)(H,39,45)(H,40,49)(H,41,50)(H,42,46)/t25-,34-/m0/s1. The Morgan fingerprint density at radius 3 is 1.94 bits per heavy atom. The quantitative estimate of drug-likeness (QED) is 0.0830. The predicted molar refractivity (Wildman–Crippen MR) is 194 cm³/mol. The lowest BCUT2D eigenvalue weighted by atomic mass is 10.0. The largest absolute Gasteiger partial charge is 0.344 e. The van der Waals surface area contributed by atoms with Crippen LogP contribution in [0, 0.1) is 5.92 Å². The SMILES string of the molecule is C=C(C)CCCC(=O)Nc1cc(C(=O)Nc2ccc(NC(=O)[C@H](C)NC(=O)[C@@H](NC(=O)CCCCCN3C(=O)C=CC3=O)C(C)C)cc2)n(C)c1. The molecule has 2 heterocycles. The highest BCUT2D eigenvalue weighted by atomic mass is 16.2. The normalized spacial score (nSPS) is 13.5. The average Bonchev–Trinajstić information content (AvgIpc) is 3.59. The van der Waals surface area contributed by atoms with E-state index in [0.717, 1.165) is 16.9 Å². The number of aryl methyl sites for hydroxylation is 1. The number of nitrogens with one attached hydrogen (secondary N) is 5. The molecule has 7 amide bonds. The Balaban J connectivity index is 1.43. The van der Waals surface area contributed by atoms with Crippen molar-refractivity contribution in [3.8, 4) is 0 Å². The summed E-state index contributed by atoms with van der Waals surface area (Å²) in [5.74, 6) is -2.72. The molecule has 0 unspecified atom stereocenters. The summed E-state index contributed by atoms with van der Waals surface area (Å²) in [6.07, 6.45) is 7.84. The Morgan fingerprint density at radius 2 is 1.33 bits per heavy atom. The van der Waals surface area contributed by atoms with Crippen molar-refractivity contribution in [2.45, 2.75) is 84.7 Å². The molecule has 1 aliphatic rings. The number of imide groups is 1. The molecular formula is C37H49N7O7. The van der Waals surface area contributed by atoms with Crippen molar-refractivity contribution in [1.82, 2.24) is 20.1 Å². The number of rotatable bonds is 19. The lowest BCUT2D eigenvalue weighted by Gasteiger charge is -2.24.